The second-order valence-electron chi connectivity index (χ2n) is 9.29. The zero-order valence-corrected chi connectivity index (χ0v) is 18.3. The number of benzene rings is 1. The first-order valence-corrected chi connectivity index (χ1v) is 9.93. The smallest absolute Gasteiger partial charge is 0.410 e. The van der Waals surface area contributed by atoms with Crippen LogP contribution >= 0.6 is 0 Å². The first kappa shape index (κ1) is 22.9. The van der Waals surface area contributed by atoms with Crippen LogP contribution in [0.3, 0.4) is 0 Å². The van der Waals surface area contributed by atoms with Gasteiger partial charge in [0, 0.05) is 30.9 Å². The van der Waals surface area contributed by atoms with E-state index in [1.807, 2.05) is 19.1 Å². The number of likely N-dealkylation sites (tertiary alicyclic amines) is 1. The molecule has 0 spiro atoms. The van der Waals surface area contributed by atoms with Crippen molar-refractivity contribution in [3.63, 3.8) is 0 Å². The van der Waals surface area contributed by atoms with Gasteiger partial charge in [-0.15, -0.1) is 0 Å². The topological polar surface area (TPSA) is 67.7 Å². The molecule has 1 aliphatic rings. The molecule has 1 aromatic heterocycles. The summed E-state index contributed by atoms with van der Waals surface area (Å²) in [4.78, 5) is 26.9. The summed E-state index contributed by atoms with van der Waals surface area (Å²) in [7, 11) is 1.12. The monoisotopic (exact) mass is 440 g/mol. The first-order chi connectivity index (χ1) is 14.2. The van der Waals surface area contributed by atoms with E-state index in [-0.39, 0.29) is 6.54 Å². The quantitative estimate of drug-likeness (QED) is 0.729. The normalized spacial score (nSPS) is 16.2. The Morgan fingerprint density at radius 3 is 2.39 bits per heavy atom. The predicted octanol–water partition coefficient (Wildman–Crippen LogP) is 3.57. The van der Waals surface area contributed by atoms with Crippen molar-refractivity contribution >= 4 is 22.9 Å². The average Bonchev–Trinajstić information content (AvgIpc) is 2.95. The van der Waals surface area contributed by atoms with E-state index in [4.69, 9.17) is 4.74 Å². The number of hydrogen-bond acceptors (Lipinski definition) is 4. The largest absolute Gasteiger partial charge is 0.444 e. The minimum absolute atomic E-state index is 0.307. The molecule has 0 bridgehead atoms. The van der Waals surface area contributed by atoms with E-state index < -0.39 is 35.7 Å². The molecule has 2 amide bonds. The van der Waals surface area contributed by atoms with E-state index in [0.717, 1.165) is 12.4 Å². The van der Waals surface area contributed by atoms with E-state index in [2.05, 4.69) is 5.10 Å². The van der Waals surface area contributed by atoms with E-state index in [1.54, 1.807) is 37.8 Å². The van der Waals surface area contributed by atoms with E-state index in [0.29, 0.717) is 29.2 Å². The number of fused-ring (bicyclic) bond motifs is 1. The second kappa shape index (κ2) is 7.72. The maximum absolute atomic E-state index is 12.6. The minimum Gasteiger partial charge on any atom is -0.444 e. The van der Waals surface area contributed by atoms with Gasteiger partial charge in [-0.2, -0.15) is 18.3 Å². The summed E-state index contributed by atoms with van der Waals surface area (Å²) in [5, 5.41) is 5.39. The van der Waals surface area contributed by atoms with Gasteiger partial charge in [0.05, 0.1) is 11.2 Å². The Labute approximate surface area is 178 Å². The van der Waals surface area contributed by atoms with Crippen LogP contribution < -0.4 is 0 Å². The lowest BCUT2D eigenvalue weighted by Crippen LogP contribution is -2.60. The summed E-state index contributed by atoms with van der Waals surface area (Å²) < 4.78 is 44.7. The van der Waals surface area contributed by atoms with Gasteiger partial charge in [0.15, 0.2) is 0 Å². The Morgan fingerprint density at radius 1 is 1.19 bits per heavy atom. The third kappa shape index (κ3) is 5.11. The zero-order valence-electron chi connectivity index (χ0n) is 18.3. The minimum atomic E-state index is -4.47. The highest BCUT2D eigenvalue weighted by Crippen LogP contribution is 2.38. The first-order valence-electron chi connectivity index (χ1n) is 9.93. The summed E-state index contributed by atoms with van der Waals surface area (Å²) in [5.41, 5.74) is 0.306. The van der Waals surface area contributed by atoms with Gasteiger partial charge in [-0.05, 0) is 26.8 Å². The molecule has 0 radical (unpaired) electrons. The summed E-state index contributed by atoms with van der Waals surface area (Å²) in [6, 6.07) is 7.25. The molecule has 1 aliphatic heterocycles. The highest BCUT2D eigenvalue weighted by atomic mass is 19.4. The van der Waals surface area contributed by atoms with Gasteiger partial charge in [-0.3, -0.25) is 9.48 Å². The van der Waals surface area contributed by atoms with Crippen molar-refractivity contribution in [3.8, 4) is 0 Å². The summed E-state index contributed by atoms with van der Waals surface area (Å²) in [6.07, 6.45) is -4.87. The van der Waals surface area contributed by atoms with Crippen molar-refractivity contribution in [2.75, 3.05) is 26.7 Å². The van der Waals surface area contributed by atoms with Gasteiger partial charge in [0.1, 0.15) is 18.7 Å². The number of carbonyl (C=O) groups excluding carboxylic acids is 2. The molecule has 0 atom stereocenters. The molecular formula is C21H27F3N4O3. The van der Waals surface area contributed by atoms with Gasteiger partial charge in [-0.1, -0.05) is 25.1 Å². The van der Waals surface area contributed by atoms with Crippen LogP contribution in [0.2, 0.25) is 0 Å². The summed E-state index contributed by atoms with van der Waals surface area (Å²) in [5.74, 6) is -0.689. The Hall–Kier alpha value is -2.78. The number of alkyl halides is 3. The second-order valence-corrected chi connectivity index (χ2v) is 9.29. The van der Waals surface area contributed by atoms with Crippen molar-refractivity contribution in [3.05, 3.63) is 30.0 Å². The van der Waals surface area contributed by atoms with Crippen molar-refractivity contribution in [1.29, 1.82) is 0 Å². The maximum Gasteiger partial charge on any atom is 0.410 e. The molecule has 0 saturated carbocycles. The number of ether oxygens (including phenoxy) is 1. The fourth-order valence-corrected chi connectivity index (χ4v) is 3.70. The number of nitrogens with zero attached hydrogens (tertiary/aromatic N) is 4. The fraction of sp³-hybridized carbons (Fsp3) is 0.571. The van der Waals surface area contributed by atoms with Crippen LogP contribution in [0, 0.1) is 0 Å². The number of para-hydroxylation sites is 1. The van der Waals surface area contributed by atoms with Crippen molar-refractivity contribution in [2.24, 2.45) is 0 Å². The molecule has 0 aliphatic carbocycles. The van der Waals surface area contributed by atoms with Crippen LogP contribution in [0.15, 0.2) is 24.3 Å². The van der Waals surface area contributed by atoms with Gasteiger partial charge in [-0.25, -0.2) is 4.79 Å². The molecule has 1 fully saturated rings. The fourth-order valence-electron chi connectivity index (χ4n) is 3.70. The molecule has 7 nitrogen and oxygen atoms in total. The van der Waals surface area contributed by atoms with Gasteiger partial charge >= 0.3 is 12.3 Å². The average molecular weight is 440 g/mol. The Morgan fingerprint density at radius 2 is 1.81 bits per heavy atom. The summed E-state index contributed by atoms with van der Waals surface area (Å²) in [6.45, 7) is 6.52. The molecule has 0 N–H and O–H groups in total. The van der Waals surface area contributed by atoms with Crippen molar-refractivity contribution in [1.82, 2.24) is 19.6 Å². The standard InChI is InChI=1S/C21H27F3N4O3/c1-19(2,3)31-18(30)27-11-20(4,12-27)17-14-8-6-7-9-15(14)28(25-17)10-16(29)26(5)13-21(22,23)24/h6-9H,10-13H2,1-5H3. The number of hydrogen-bond donors (Lipinski definition) is 0. The third-order valence-corrected chi connectivity index (χ3v) is 5.09. The molecule has 2 heterocycles. The highest BCUT2D eigenvalue weighted by molar-refractivity contribution is 5.85. The molecule has 2 aromatic rings. The Kier molecular flexibility index (Phi) is 5.70. The molecule has 3 rings (SSSR count). The molecule has 1 saturated heterocycles. The summed E-state index contributed by atoms with van der Waals surface area (Å²) >= 11 is 0. The number of likely N-dealkylation sites (N-methyl/N-ethyl adjacent to an activating group) is 1. The van der Waals surface area contributed by atoms with Crippen LogP contribution in [0.25, 0.3) is 10.9 Å². The molecule has 1 aromatic carbocycles. The van der Waals surface area contributed by atoms with E-state index >= 15 is 0 Å². The molecular weight excluding hydrogens is 413 g/mol. The Bertz CT molecular complexity index is 988. The Balaban J connectivity index is 1.81. The number of aromatic nitrogens is 2. The van der Waals surface area contributed by atoms with E-state index in [9.17, 15) is 22.8 Å². The number of amides is 2. The van der Waals surface area contributed by atoms with Crippen LogP contribution in [-0.2, 0) is 21.5 Å². The zero-order chi connectivity index (χ0) is 23.2. The van der Waals surface area contributed by atoms with Crippen LogP contribution in [0.4, 0.5) is 18.0 Å². The molecule has 10 heteroatoms. The third-order valence-electron chi connectivity index (χ3n) is 5.09. The SMILES string of the molecule is CN(CC(F)(F)F)C(=O)Cn1nc(C2(C)CN(C(=O)OC(C)(C)C)C2)c2ccccc21. The van der Waals surface area contributed by atoms with Gasteiger partial charge < -0.3 is 14.5 Å². The number of carbonyl (C=O) groups is 2. The van der Waals surface area contributed by atoms with Gasteiger partial charge in [0.25, 0.3) is 0 Å². The lowest BCUT2D eigenvalue weighted by molar-refractivity contribution is -0.158. The van der Waals surface area contributed by atoms with Crippen LogP contribution in [0.1, 0.15) is 33.4 Å². The van der Waals surface area contributed by atoms with Crippen LogP contribution in [-0.4, -0.2) is 70.0 Å². The van der Waals surface area contributed by atoms with E-state index in [1.165, 1.54) is 4.68 Å². The number of halogens is 3. The van der Waals surface area contributed by atoms with Gasteiger partial charge in [0.2, 0.25) is 5.91 Å². The van der Waals surface area contributed by atoms with Crippen molar-refractivity contribution < 1.29 is 27.5 Å². The van der Waals surface area contributed by atoms with Crippen molar-refractivity contribution in [2.45, 2.75) is 51.4 Å². The lowest BCUT2D eigenvalue weighted by Gasteiger charge is -2.47. The molecule has 170 valence electrons. The molecule has 0 unspecified atom stereocenters. The maximum atomic E-state index is 12.6. The number of rotatable bonds is 4. The van der Waals surface area contributed by atoms with Crippen LogP contribution in [0.5, 0.6) is 0 Å². The highest BCUT2D eigenvalue weighted by Gasteiger charge is 2.47. The lowest BCUT2D eigenvalue weighted by atomic mass is 9.78. The predicted molar refractivity (Wildman–Crippen MR) is 109 cm³/mol. The molecule has 31 heavy (non-hydrogen) atoms.